The Kier molecular flexibility index (Phi) is 6.36. The van der Waals surface area contributed by atoms with Crippen LogP contribution in [0.15, 0.2) is 65.7 Å². The van der Waals surface area contributed by atoms with E-state index in [0.717, 1.165) is 28.5 Å². The molecule has 0 amide bonds. The molecule has 168 valence electrons. The van der Waals surface area contributed by atoms with E-state index in [9.17, 15) is 4.79 Å². The van der Waals surface area contributed by atoms with Crippen LogP contribution in [0.5, 0.6) is 5.75 Å². The molecule has 0 saturated heterocycles. The van der Waals surface area contributed by atoms with E-state index in [0.29, 0.717) is 23.6 Å². The second kappa shape index (κ2) is 9.36. The van der Waals surface area contributed by atoms with Crippen LogP contribution in [0.3, 0.4) is 0 Å². The van der Waals surface area contributed by atoms with Gasteiger partial charge in [0.1, 0.15) is 18.2 Å². The summed E-state index contributed by atoms with van der Waals surface area (Å²) in [5, 5.41) is 0. The summed E-state index contributed by atoms with van der Waals surface area (Å²) in [6, 6.07) is 15.6. The summed E-state index contributed by atoms with van der Waals surface area (Å²) in [5.74, 6) is 1.58. The van der Waals surface area contributed by atoms with E-state index >= 15 is 0 Å². The van der Waals surface area contributed by atoms with Crippen molar-refractivity contribution in [2.24, 2.45) is 0 Å². The standard InChI is InChI=1S/C27H28N4O2/c1-17(2)26-29-12-10-23(30-26)24-15-22(9-11-28-24)31-19(4)14-25(20(5)27(31)32)33-16-21-8-6-7-18(3)13-21/h6-15,17H,16H2,1-5H3. The molecule has 0 unspecified atom stereocenters. The Morgan fingerprint density at radius 3 is 2.48 bits per heavy atom. The molecule has 0 saturated carbocycles. The molecule has 0 spiro atoms. The number of nitrogens with zero attached hydrogens (tertiary/aromatic N) is 4. The molecule has 6 nitrogen and oxygen atoms in total. The average Bonchev–Trinajstić information content (AvgIpc) is 2.81. The lowest BCUT2D eigenvalue weighted by Gasteiger charge is -2.16. The summed E-state index contributed by atoms with van der Waals surface area (Å²) in [5.41, 5.74) is 5.65. The van der Waals surface area contributed by atoms with Gasteiger partial charge in [0.05, 0.1) is 22.6 Å². The summed E-state index contributed by atoms with van der Waals surface area (Å²) in [6.07, 6.45) is 3.44. The highest BCUT2D eigenvalue weighted by atomic mass is 16.5. The molecule has 3 aromatic heterocycles. The zero-order valence-electron chi connectivity index (χ0n) is 19.7. The van der Waals surface area contributed by atoms with Gasteiger partial charge in [-0.05, 0) is 44.5 Å². The van der Waals surface area contributed by atoms with Crippen LogP contribution in [0, 0.1) is 20.8 Å². The fourth-order valence-corrected chi connectivity index (χ4v) is 3.72. The maximum Gasteiger partial charge on any atom is 0.261 e. The molecular formula is C27H28N4O2. The topological polar surface area (TPSA) is 69.9 Å². The Hall–Kier alpha value is -3.80. The van der Waals surface area contributed by atoms with Gasteiger partial charge in [-0.25, -0.2) is 9.97 Å². The van der Waals surface area contributed by atoms with Crippen LogP contribution in [-0.2, 0) is 6.61 Å². The van der Waals surface area contributed by atoms with Gasteiger partial charge in [0.2, 0.25) is 0 Å². The Labute approximate surface area is 194 Å². The predicted octanol–water partition coefficient (Wildman–Crippen LogP) is 5.32. The Morgan fingerprint density at radius 1 is 0.939 bits per heavy atom. The van der Waals surface area contributed by atoms with E-state index in [1.165, 1.54) is 5.56 Å². The second-order valence-electron chi connectivity index (χ2n) is 8.55. The highest BCUT2D eigenvalue weighted by Gasteiger charge is 2.14. The molecule has 1 aromatic carbocycles. The van der Waals surface area contributed by atoms with Crippen molar-refractivity contribution >= 4 is 0 Å². The van der Waals surface area contributed by atoms with Gasteiger partial charge in [0.25, 0.3) is 5.56 Å². The quantitative estimate of drug-likeness (QED) is 0.406. The largest absolute Gasteiger partial charge is 0.488 e. The second-order valence-corrected chi connectivity index (χ2v) is 8.55. The van der Waals surface area contributed by atoms with Crippen molar-refractivity contribution in [3.63, 3.8) is 0 Å². The monoisotopic (exact) mass is 440 g/mol. The van der Waals surface area contributed by atoms with E-state index in [-0.39, 0.29) is 11.5 Å². The lowest BCUT2D eigenvalue weighted by atomic mass is 10.1. The summed E-state index contributed by atoms with van der Waals surface area (Å²) >= 11 is 0. The number of aromatic nitrogens is 4. The van der Waals surface area contributed by atoms with Crippen LogP contribution in [0.25, 0.3) is 17.1 Å². The number of aryl methyl sites for hydroxylation is 2. The molecule has 0 radical (unpaired) electrons. The van der Waals surface area contributed by atoms with E-state index in [1.807, 2.05) is 56.3 Å². The first-order valence-corrected chi connectivity index (χ1v) is 11.0. The molecule has 0 aliphatic heterocycles. The van der Waals surface area contributed by atoms with Gasteiger partial charge >= 0.3 is 0 Å². The number of pyridine rings is 2. The number of hydrogen-bond donors (Lipinski definition) is 0. The van der Waals surface area contributed by atoms with E-state index in [1.54, 1.807) is 23.9 Å². The predicted molar refractivity (Wildman–Crippen MR) is 130 cm³/mol. The highest BCUT2D eigenvalue weighted by Crippen LogP contribution is 2.23. The fourth-order valence-electron chi connectivity index (χ4n) is 3.72. The van der Waals surface area contributed by atoms with Crippen LogP contribution >= 0.6 is 0 Å². The molecule has 33 heavy (non-hydrogen) atoms. The van der Waals surface area contributed by atoms with Crippen LogP contribution in [-0.4, -0.2) is 19.5 Å². The van der Waals surface area contributed by atoms with E-state index in [2.05, 4.69) is 34.9 Å². The van der Waals surface area contributed by atoms with E-state index < -0.39 is 0 Å². The van der Waals surface area contributed by atoms with Gasteiger partial charge in [-0.2, -0.15) is 0 Å². The lowest BCUT2D eigenvalue weighted by molar-refractivity contribution is 0.302. The third kappa shape index (κ3) is 4.85. The third-order valence-corrected chi connectivity index (χ3v) is 5.52. The lowest BCUT2D eigenvalue weighted by Crippen LogP contribution is -2.23. The minimum absolute atomic E-state index is 0.114. The molecule has 6 heteroatoms. The fraction of sp³-hybridized carbons (Fsp3) is 0.259. The first-order valence-electron chi connectivity index (χ1n) is 11.0. The molecular weight excluding hydrogens is 412 g/mol. The van der Waals surface area contributed by atoms with Crippen molar-refractivity contribution in [2.45, 2.75) is 47.1 Å². The average molecular weight is 441 g/mol. The van der Waals surface area contributed by atoms with Crippen molar-refractivity contribution in [1.29, 1.82) is 0 Å². The van der Waals surface area contributed by atoms with Crippen LogP contribution < -0.4 is 10.3 Å². The molecule has 4 aromatic rings. The third-order valence-electron chi connectivity index (χ3n) is 5.52. The molecule has 4 rings (SSSR count). The molecule has 0 bridgehead atoms. The first kappa shape index (κ1) is 22.4. The molecule has 3 heterocycles. The maximum absolute atomic E-state index is 13.3. The van der Waals surface area contributed by atoms with Crippen LogP contribution in [0.2, 0.25) is 0 Å². The van der Waals surface area contributed by atoms with Crippen molar-refractivity contribution < 1.29 is 4.74 Å². The van der Waals surface area contributed by atoms with E-state index in [4.69, 9.17) is 4.74 Å². The first-order chi connectivity index (χ1) is 15.8. The van der Waals surface area contributed by atoms with Gasteiger partial charge in [-0.1, -0.05) is 43.7 Å². The Morgan fingerprint density at radius 2 is 1.73 bits per heavy atom. The smallest absolute Gasteiger partial charge is 0.261 e. The Bertz CT molecular complexity index is 1360. The molecule has 0 aliphatic carbocycles. The number of hydrogen-bond acceptors (Lipinski definition) is 5. The number of ether oxygens (including phenoxy) is 1. The molecule has 0 fully saturated rings. The van der Waals surface area contributed by atoms with Crippen LogP contribution in [0.4, 0.5) is 0 Å². The molecule has 0 aliphatic rings. The van der Waals surface area contributed by atoms with Crippen molar-refractivity contribution in [2.75, 3.05) is 0 Å². The Balaban J connectivity index is 1.67. The molecule has 0 atom stereocenters. The molecule has 0 N–H and O–H groups in total. The summed E-state index contributed by atoms with van der Waals surface area (Å²) < 4.78 is 7.70. The minimum Gasteiger partial charge on any atom is -0.488 e. The van der Waals surface area contributed by atoms with Crippen molar-refractivity contribution in [3.8, 4) is 22.8 Å². The van der Waals surface area contributed by atoms with Gasteiger partial charge < -0.3 is 4.74 Å². The van der Waals surface area contributed by atoms with Crippen molar-refractivity contribution in [3.05, 3.63) is 99.5 Å². The summed E-state index contributed by atoms with van der Waals surface area (Å²) in [6.45, 7) is 10.3. The van der Waals surface area contributed by atoms with Crippen LogP contribution in [0.1, 0.15) is 48.0 Å². The minimum atomic E-state index is -0.114. The van der Waals surface area contributed by atoms with Gasteiger partial charge in [-0.3, -0.25) is 14.3 Å². The van der Waals surface area contributed by atoms with Crippen molar-refractivity contribution in [1.82, 2.24) is 19.5 Å². The van der Waals surface area contributed by atoms with Gasteiger partial charge in [0, 0.05) is 30.1 Å². The van der Waals surface area contributed by atoms with Gasteiger partial charge in [-0.15, -0.1) is 0 Å². The normalized spacial score (nSPS) is 11.1. The number of rotatable bonds is 6. The summed E-state index contributed by atoms with van der Waals surface area (Å²) in [4.78, 5) is 26.7. The summed E-state index contributed by atoms with van der Waals surface area (Å²) in [7, 11) is 0. The SMILES string of the molecule is Cc1cccc(COc2cc(C)n(-c3ccnc(-c4ccnc(C(C)C)n4)c3)c(=O)c2C)c1. The number of benzene rings is 1. The zero-order chi connectivity index (χ0) is 23.5. The maximum atomic E-state index is 13.3. The zero-order valence-corrected chi connectivity index (χ0v) is 19.7. The van der Waals surface area contributed by atoms with Gasteiger partial charge in [0.15, 0.2) is 0 Å². The highest BCUT2D eigenvalue weighted by molar-refractivity contribution is 5.57.